The van der Waals surface area contributed by atoms with Gasteiger partial charge in [0, 0.05) is 31.7 Å². The summed E-state index contributed by atoms with van der Waals surface area (Å²) in [5.74, 6) is -1.02. The summed E-state index contributed by atoms with van der Waals surface area (Å²) >= 11 is 6.57. The second-order valence-electron chi connectivity index (χ2n) is 5.99. The number of nitrogens with zero attached hydrogens (tertiary/aromatic N) is 2. The van der Waals surface area contributed by atoms with Gasteiger partial charge in [0.2, 0.25) is 0 Å². The van der Waals surface area contributed by atoms with Crippen molar-refractivity contribution in [1.29, 1.82) is 0 Å². The van der Waals surface area contributed by atoms with Crippen molar-refractivity contribution >= 4 is 51.9 Å². The van der Waals surface area contributed by atoms with E-state index in [1.54, 1.807) is 0 Å². The van der Waals surface area contributed by atoms with Gasteiger partial charge < -0.3 is 14.7 Å². The molecule has 8 heteroatoms. The van der Waals surface area contributed by atoms with Crippen molar-refractivity contribution in [2.75, 3.05) is 37.7 Å². The number of aliphatic carboxylic acids is 1. The topological polar surface area (TPSA) is 70.1 Å². The Morgan fingerprint density at radius 2 is 2.04 bits per heavy atom. The van der Waals surface area contributed by atoms with Gasteiger partial charge in [-0.3, -0.25) is 14.5 Å². The number of rotatable bonds is 6. The fraction of sp³-hybridized carbons (Fsp3) is 0.389. The molecule has 0 aromatic heterocycles. The maximum atomic E-state index is 12.7. The van der Waals surface area contributed by atoms with E-state index in [1.165, 1.54) is 16.7 Å². The molecule has 6 nitrogen and oxygen atoms in total. The average molecular weight is 393 g/mol. The van der Waals surface area contributed by atoms with Crippen LogP contribution in [0.15, 0.2) is 29.2 Å². The second kappa shape index (κ2) is 8.66. The van der Waals surface area contributed by atoms with Crippen LogP contribution in [0, 0.1) is 0 Å². The highest BCUT2D eigenvalue weighted by Gasteiger charge is 2.32. The number of thiocarbonyl (C=S) groups is 1. The molecule has 1 aromatic rings. The maximum Gasteiger partial charge on any atom is 0.303 e. The van der Waals surface area contributed by atoms with Crippen molar-refractivity contribution in [3.8, 4) is 0 Å². The fourth-order valence-electron chi connectivity index (χ4n) is 2.92. The summed E-state index contributed by atoms with van der Waals surface area (Å²) in [6, 6.07) is 7.97. The van der Waals surface area contributed by atoms with Gasteiger partial charge >= 0.3 is 5.97 Å². The smallest absolute Gasteiger partial charge is 0.303 e. The third-order valence-corrected chi connectivity index (χ3v) is 5.60. The molecular weight excluding hydrogens is 372 g/mol. The summed E-state index contributed by atoms with van der Waals surface area (Å²) in [6.07, 6.45) is 2.29. The van der Waals surface area contributed by atoms with Crippen molar-refractivity contribution in [2.24, 2.45) is 0 Å². The molecule has 2 fully saturated rings. The van der Waals surface area contributed by atoms with E-state index in [9.17, 15) is 9.59 Å². The van der Waals surface area contributed by atoms with Gasteiger partial charge in [-0.2, -0.15) is 0 Å². The van der Waals surface area contributed by atoms with Crippen LogP contribution >= 0.6 is 24.0 Å². The van der Waals surface area contributed by atoms with Crippen molar-refractivity contribution in [3.63, 3.8) is 0 Å². The number of carboxylic acid groups (broad SMARTS) is 1. The lowest BCUT2D eigenvalue weighted by molar-refractivity contribution is -0.137. The quantitative estimate of drug-likeness (QED) is 0.589. The van der Waals surface area contributed by atoms with Gasteiger partial charge in [0.15, 0.2) is 0 Å². The fourth-order valence-corrected chi connectivity index (χ4v) is 4.22. The van der Waals surface area contributed by atoms with Crippen LogP contribution in [0.25, 0.3) is 6.08 Å². The SMILES string of the molecule is O=C(O)CCCN1C(=O)/C(=C/c2ccccc2N2CCOCC2)SC1=S. The molecule has 2 saturated heterocycles. The predicted molar refractivity (Wildman–Crippen MR) is 106 cm³/mol. The molecule has 138 valence electrons. The number of hydrogen-bond donors (Lipinski definition) is 1. The number of benzene rings is 1. The number of ether oxygens (including phenoxy) is 1. The summed E-state index contributed by atoms with van der Waals surface area (Å²) in [7, 11) is 0. The third kappa shape index (κ3) is 4.44. The minimum atomic E-state index is -0.870. The van der Waals surface area contributed by atoms with Crippen LogP contribution in [0.4, 0.5) is 5.69 Å². The molecule has 2 heterocycles. The van der Waals surface area contributed by atoms with Crippen molar-refractivity contribution in [2.45, 2.75) is 12.8 Å². The van der Waals surface area contributed by atoms with E-state index in [4.69, 9.17) is 22.1 Å². The molecule has 2 aliphatic rings. The van der Waals surface area contributed by atoms with Gasteiger partial charge in [0.1, 0.15) is 4.32 Å². The van der Waals surface area contributed by atoms with Gasteiger partial charge in [-0.05, 0) is 24.1 Å². The lowest BCUT2D eigenvalue weighted by Crippen LogP contribution is -2.36. The summed E-state index contributed by atoms with van der Waals surface area (Å²) in [5, 5.41) is 8.75. The highest BCUT2D eigenvalue weighted by atomic mass is 32.2. The molecule has 3 rings (SSSR count). The Hall–Kier alpha value is -1.90. The Morgan fingerprint density at radius 1 is 1.31 bits per heavy atom. The Balaban J connectivity index is 1.77. The van der Waals surface area contributed by atoms with Gasteiger partial charge in [0.25, 0.3) is 5.91 Å². The number of amides is 1. The zero-order valence-corrected chi connectivity index (χ0v) is 15.9. The van der Waals surface area contributed by atoms with E-state index in [0.717, 1.165) is 24.3 Å². The zero-order chi connectivity index (χ0) is 18.5. The number of carboxylic acids is 1. The van der Waals surface area contributed by atoms with Crippen molar-refractivity contribution in [3.05, 3.63) is 34.7 Å². The standard InChI is InChI=1S/C18H20N2O4S2/c21-16(22)6-3-7-20-17(23)15(26-18(20)25)12-13-4-1-2-5-14(13)19-8-10-24-11-9-19/h1-2,4-5,12H,3,6-11H2,(H,21,22)/b15-12-. The van der Waals surface area contributed by atoms with E-state index in [2.05, 4.69) is 4.90 Å². The molecule has 2 aliphatic heterocycles. The molecule has 26 heavy (non-hydrogen) atoms. The minimum Gasteiger partial charge on any atom is -0.481 e. The molecule has 0 aliphatic carbocycles. The Labute approximate surface area is 161 Å². The monoisotopic (exact) mass is 392 g/mol. The zero-order valence-electron chi connectivity index (χ0n) is 14.2. The highest BCUT2D eigenvalue weighted by molar-refractivity contribution is 8.26. The summed E-state index contributed by atoms with van der Waals surface area (Å²) in [6.45, 7) is 3.36. The Morgan fingerprint density at radius 3 is 2.77 bits per heavy atom. The number of hydrogen-bond acceptors (Lipinski definition) is 6. The van der Waals surface area contributed by atoms with Crippen LogP contribution in [-0.4, -0.2) is 59.1 Å². The molecular formula is C18H20N2O4S2. The molecule has 1 amide bonds. The van der Waals surface area contributed by atoms with Crippen LogP contribution in [0.1, 0.15) is 18.4 Å². The number of thioether (sulfide) groups is 1. The van der Waals surface area contributed by atoms with Gasteiger partial charge in [-0.15, -0.1) is 0 Å². The average Bonchev–Trinajstić information content (AvgIpc) is 2.90. The Kier molecular flexibility index (Phi) is 6.29. The van der Waals surface area contributed by atoms with Crippen LogP contribution < -0.4 is 4.90 Å². The number of anilines is 1. The van der Waals surface area contributed by atoms with E-state index in [-0.39, 0.29) is 12.3 Å². The predicted octanol–water partition coefficient (Wildman–Crippen LogP) is 2.59. The molecule has 0 spiro atoms. The summed E-state index contributed by atoms with van der Waals surface area (Å²) in [5.41, 5.74) is 2.05. The molecule has 0 bridgehead atoms. The maximum absolute atomic E-state index is 12.7. The first-order valence-electron chi connectivity index (χ1n) is 8.45. The molecule has 0 unspecified atom stereocenters. The van der Waals surface area contributed by atoms with E-state index < -0.39 is 5.97 Å². The lowest BCUT2D eigenvalue weighted by atomic mass is 10.1. The first kappa shape index (κ1) is 18.9. The van der Waals surface area contributed by atoms with E-state index in [1.807, 2.05) is 30.3 Å². The normalized spacial score (nSPS) is 19.5. The molecule has 0 atom stereocenters. The number of morpholine rings is 1. The van der Waals surface area contributed by atoms with Crippen LogP contribution in [0.3, 0.4) is 0 Å². The number of carbonyl (C=O) groups excluding carboxylic acids is 1. The lowest BCUT2D eigenvalue weighted by Gasteiger charge is -2.30. The Bertz CT molecular complexity index is 744. The van der Waals surface area contributed by atoms with Gasteiger partial charge in [-0.1, -0.05) is 42.2 Å². The van der Waals surface area contributed by atoms with Gasteiger partial charge in [0.05, 0.1) is 18.1 Å². The molecule has 1 N–H and O–H groups in total. The van der Waals surface area contributed by atoms with Crippen molar-refractivity contribution < 1.29 is 19.4 Å². The van der Waals surface area contributed by atoms with E-state index >= 15 is 0 Å². The van der Waals surface area contributed by atoms with Crippen LogP contribution in [-0.2, 0) is 14.3 Å². The third-order valence-electron chi connectivity index (χ3n) is 4.22. The van der Waals surface area contributed by atoms with Crippen molar-refractivity contribution in [1.82, 2.24) is 4.90 Å². The first-order chi connectivity index (χ1) is 12.6. The number of para-hydroxylation sites is 1. The first-order valence-corrected chi connectivity index (χ1v) is 9.67. The minimum absolute atomic E-state index is 0.0238. The largest absolute Gasteiger partial charge is 0.481 e. The van der Waals surface area contributed by atoms with Crippen LogP contribution in [0.2, 0.25) is 0 Å². The summed E-state index contributed by atoms with van der Waals surface area (Å²) < 4.78 is 5.90. The molecule has 1 aromatic carbocycles. The van der Waals surface area contributed by atoms with E-state index in [0.29, 0.717) is 35.4 Å². The molecule has 0 radical (unpaired) electrons. The van der Waals surface area contributed by atoms with Crippen LogP contribution in [0.5, 0.6) is 0 Å². The summed E-state index contributed by atoms with van der Waals surface area (Å²) in [4.78, 5) is 27.6. The van der Waals surface area contributed by atoms with Gasteiger partial charge in [-0.25, -0.2) is 0 Å². The number of carbonyl (C=O) groups is 2. The highest BCUT2D eigenvalue weighted by Crippen LogP contribution is 2.34. The molecule has 0 saturated carbocycles. The second-order valence-corrected chi connectivity index (χ2v) is 7.66.